The highest BCUT2D eigenvalue weighted by atomic mass is 16.5. The second-order valence-electron chi connectivity index (χ2n) is 12.3. The summed E-state index contributed by atoms with van der Waals surface area (Å²) in [6.45, 7) is 0.0752. The van der Waals surface area contributed by atoms with Crippen molar-refractivity contribution in [2.24, 2.45) is 0 Å². The van der Waals surface area contributed by atoms with Gasteiger partial charge in [-0.3, -0.25) is 0 Å². The average molecular weight is 578 g/mol. The second-order valence-corrected chi connectivity index (χ2v) is 12.3. The average Bonchev–Trinajstić information content (AvgIpc) is 3.12. The Kier molecular flexibility index (Phi) is 6.23. The second kappa shape index (κ2) is 10.7. The number of anilines is 2. The topological polar surface area (TPSA) is 12.5 Å². The number of allylic oxidation sites excluding steroid dienone is 7. The van der Waals surface area contributed by atoms with Crippen molar-refractivity contribution in [3.8, 4) is 33.8 Å². The summed E-state index contributed by atoms with van der Waals surface area (Å²) in [6, 6.07) is 42.1. The third kappa shape index (κ3) is 4.26. The van der Waals surface area contributed by atoms with E-state index in [0.29, 0.717) is 5.92 Å². The first-order valence-corrected chi connectivity index (χ1v) is 16.1. The Hall–Kier alpha value is -5.28. The Morgan fingerprint density at radius 2 is 1.40 bits per heavy atom. The van der Waals surface area contributed by atoms with Crippen molar-refractivity contribution in [2.45, 2.75) is 25.2 Å². The Morgan fingerprint density at radius 1 is 0.689 bits per heavy atom. The fourth-order valence-electron chi connectivity index (χ4n) is 7.75. The highest BCUT2D eigenvalue weighted by molar-refractivity contribution is 6.94. The Balaban J connectivity index is 1.38. The van der Waals surface area contributed by atoms with Crippen molar-refractivity contribution in [1.82, 2.24) is 0 Å². The van der Waals surface area contributed by atoms with Gasteiger partial charge in [0.2, 0.25) is 6.71 Å². The van der Waals surface area contributed by atoms with Crippen LogP contribution in [0.1, 0.15) is 30.7 Å². The maximum atomic E-state index is 6.61. The molecule has 0 aromatic heterocycles. The first kappa shape index (κ1) is 26.2. The summed E-state index contributed by atoms with van der Waals surface area (Å²) in [4.78, 5) is 2.46. The number of benzene rings is 5. The molecule has 0 spiro atoms. The number of rotatable bonds is 4. The van der Waals surface area contributed by atoms with E-state index in [1.54, 1.807) is 0 Å². The molecule has 2 aliphatic heterocycles. The third-order valence-electron chi connectivity index (χ3n) is 9.73. The molecule has 2 heterocycles. The van der Waals surface area contributed by atoms with E-state index in [-0.39, 0.29) is 6.71 Å². The molecule has 0 amide bonds. The van der Waals surface area contributed by atoms with Crippen LogP contribution in [-0.2, 0) is 0 Å². The highest BCUT2D eigenvalue weighted by Gasteiger charge is 2.43. The minimum absolute atomic E-state index is 0.0752. The molecule has 5 aromatic carbocycles. The number of ether oxygens (including phenoxy) is 1. The van der Waals surface area contributed by atoms with Crippen molar-refractivity contribution in [1.29, 1.82) is 0 Å². The molecule has 5 aromatic rings. The van der Waals surface area contributed by atoms with Gasteiger partial charge in [0.1, 0.15) is 0 Å². The zero-order valence-corrected chi connectivity index (χ0v) is 25.1. The molecule has 0 bridgehead atoms. The highest BCUT2D eigenvalue weighted by Crippen LogP contribution is 2.51. The zero-order chi connectivity index (χ0) is 29.7. The van der Waals surface area contributed by atoms with Crippen LogP contribution in [0.5, 0.6) is 11.5 Å². The molecule has 2 nitrogen and oxygen atoms in total. The van der Waals surface area contributed by atoms with E-state index in [2.05, 4.69) is 157 Å². The standard InChI is InChI=1S/C42H32BNO/c1-4-15-29(16-5-1)32-27-33(30-17-6-2-7-18-30)41(34(28-32)31-19-8-3-9-20-31)43-35-21-10-11-23-37(35)44-38-24-12-13-25-39(38)45-40-26-14-22-36(43)42(40)44/h1-9,11-15,17-20,22-29H,10,16,21H2. The molecule has 0 fully saturated rings. The van der Waals surface area contributed by atoms with Crippen molar-refractivity contribution in [2.75, 3.05) is 4.90 Å². The van der Waals surface area contributed by atoms with E-state index in [4.69, 9.17) is 4.74 Å². The number of fused-ring (bicyclic) bond motifs is 3. The van der Waals surface area contributed by atoms with E-state index < -0.39 is 0 Å². The van der Waals surface area contributed by atoms with Crippen LogP contribution < -0.4 is 20.6 Å². The lowest BCUT2D eigenvalue weighted by Gasteiger charge is -2.43. The van der Waals surface area contributed by atoms with Gasteiger partial charge in [0.25, 0.3) is 0 Å². The van der Waals surface area contributed by atoms with Crippen molar-refractivity contribution in [3.63, 3.8) is 0 Å². The van der Waals surface area contributed by atoms with Gasteiger partial charge in [-0.25, -0.2) is 0 Å². The molecule has 3 heteroatoms. The van der Waals surface area contributed by atoms with Crippen LogP contribution in [0.25, 0.3) is 22.3 Å². The van der Waals surface area contributed by atoms with E-state index in [0.717, 1.165) is 42.1 Å². The lowest BCUT2D eigenvalue weighted by Crippen LogP contribution is -2.52. The molecule has 2 aliphatic carbocycles. The van der Waals surface area contributed by atoms with Gasteiger partial charge < -0.3 is 9.64 Å². The van der Waals surface area contributed by atoms with Crippen LogP contribution in [0.15, 0.2) is 163 Å². The fourth-order valence-corrected chi connectivity index (χ4v) is 7.75. The fraction of sp³-hybridized carbons (Fsp3) is 0.0952. The Morgan fingerprint density at radius 3 is 2.13 bits per heavy atom. The number of hydrogen-bond acceptors (Lipinski definition) is 2. The third-order valence-corrected chi connectivity index (χ3v) is 9.73. The van der Waals surface area contributed by atoms with Crippen molar-refractivity contribution >= 4 is 29.0 Å². The molecule has 214 valence electrons. The van der Waals surface area contributed by atoms with Crippen LogP contribution in [-0.4, -0.2) is 6.71 Å². The molecule has 0 N–H and O–H groups in total. The largest absolute Gasteiger partial charge is 0.453 e. The summed E-state index contributed by atoms with van der Waals surface area (Å²) in [7, 11) is 0. The van der Waals surface area contributed by atoms with Crippen molar-refractivity contribution < 1.29 is 4.74 Å². The molecular formula is C42H32BNO. The number of nitrogens with zero attached hydrogens (tertiary/aromatic N) is 1. The maximum absolute atomic E-state index is 6.61. The molecule has 0 radical (unpaired) electrons. The van der Waals surface area contributed by atoms with Crippen molar-refractivity contribution in [3.05, 3.63) is 168 Å². The predicted octanol–water partition coefficient (Wildman–Crippen LogP) is 9.63. The van der Waals surface area contributed by atoms with E-state index in [1.807, 2.05) is 0 Å². The molecule has 0 saturated heterocycles. The van der Waals surface area contributed by atoms with Gasteiger partial charge in [-0.1, -0.05) is 138 Å². The van der Waals surface area contributed by atoms with E-state index >= 15 is 0 Å². The first-order chi connectivity index (χ1) is 22.3. The maximum Gasteiger partial charge on any atom is 0.243 e. The van der Waals surface area contributed by atoms with Gasteiger partial charge in [0.05, 0.1) is 11.4 Å². The smallest absolute Gasteiger partial charge is 0.243 e. The monoisotopic (exact) mass is 577 g/mol. The molecule has 45 heavy (non-hydrogen) atoms. The molecule has 1 unspecified atom stereocenters. The van der Waals surface area contributed by atoms with Gasteiger partial charge in [-0.05, 0) is 76.8 Å². The minimum atomic E-state index is 0.0752. The van der Waals surface area contributed by atoms with Gasteiger partial charge in [0, 0.05) is 11.6 Å². The summed E-state index contributed by atoms with van der Waals surface area (Å²) in [5.74, 6) is 2.16. The summed E-state index contributed by atoms with van der Waals surface area (Å²) in [5, 5.41) is 0. The van der Waals surface area contributed by atoms with Gasteiger partial charge in [-0.15, -0.1) is 0 Å². The lowest BCUT2D eigenvalue weighted by atomic mass is 9.32. The van der Waals surface area contributed by atoms with Gasteiger partial charge in [-0.2, -0.15) is 0 Å². The molecule has 4 aliphatic rings. The normalized spacial score (nSPS) is 17.5. The zero-order valence-electron chi connectivity index (χ0n) is 25.1. The Bertz CT molecular complexity index is 2010. The predicted molar refractivity (Wildman–Crippen MR) is 188 cm³/mol. The van der Waals surface area contributed by atoms with Crippen LogP contribution in [0, 0.1) is 0 Å². The Labute approximate surface area is 265 Å². The van der Waals surface area contributed by atoms with Gasteiger partial charge >= 0.3 is 0 Å². The van der Waals surface area contributed by atoms with Crippen LogP contribution in [0.3, 0.4) is 0 Å². The summed E-state index contributed by atoms with van der Waals surface area (Å²) >= 11 is 0. The molecule has 9 rings (SSSR count). The number of hydrogen-bond donors (Lipinski definition) is 0. The van der Waals surface area contributed by atoms with Crippen LogP contribution in [0.2, 0.25) is 0 Å². The van der Waals surface area contributed by atoms with Crippen LogP contribution in [0.4, 0.5) is 11.4 Å². The minimum Gasteiger partial charge on any atom is -0.453 e. The number of para-hydroxylation sites is 3. The summed E-state index contributed by atoms with van der Waals surface area (Å²) in [5.41, 5.74) is 14.2. The van der Waals surface area contributed by atoms with E-state index in [1.165, 1.54) is 49.9 Å². The van der Waals surface area contributed by atoms with Crippen LogP contribution >= 0.6 is 0 Å². The first-order valence-electron chi connectivity index (χ1n) is 16.1. The summed E-state index contributed by atoms with van der Waals surface area (Å²) < 4.78 is 6.61. The van der Waals surface area contributed by atoms with E-state index in [9.17, 15) is 0 Å². The molecule has 0 saturated carbocycles. The molecular weight excluding hydrogens is 545 g/mol. The molecule has 1 atom stereocenters. The SMILES string of the molecule is C1=CCC(c2cc(-c3ccccc3)c(B3C4=C(C=CCC4)N4c5ccccc5Oc5cccc3c54)c(-c3ccccc3)c2)C=C1. The lowest BCUT2D eigenvalue weighted by molar-refractivity contribution is 0.476. The quantitative estimate of drug-likeness (QED) is 0.197. The summed E-state index contributed by atoms with van der Waals surface area (Å²) in [6.07, 6.45) is 16.8. The van der Waals surface area contributed by atoms with Gasteiger partial charge in [0.15, 0.2) is 11.5 Å².